The molecule has 6 heteroatoms. The van der Waals surface area contributed by atoms with Crippen LogP contribution < -0.4 is 14.2 Å². The Balaban J connectivity index is 1.97. The third-order valence-electron chi connectivity index (χ3n) is 4.49. The van der Waals surface area contributed by atoms with E-state index in [1.165, 1.54) is 7.11 Å². The molecule has 0 unspecified atom stereocenters. The first kappa shape index (κ1) is 21.6. The number of carbonyl (C=O) groups excluding carboxylic acids is 2. The normalized spacial score (nSPS) is 10.9. The molecular weight excluding hydrogens is 396 g/mol. The van der Waals surface area contributed by atoms with Gasteiger partial charge in [0.15, 0.2) is 0 Å². The highest BCUT2D eigenvalue weighted by molar-refractivity contribution is 6.21. The quantitative estimate of drug-likeness (QED) is 0.221. The van der Waals surface area contributed by atoms with E-state index in [-0.39, 0.29) is 0 Å². The SMILES string of the molecule is COC(=O)/C(=C\c1cc(OC)cc(OC)c1)c1cccc(Oc2ccc(C=O)cc2)c1. The van der Waals surface area contributed by atoms with Gasteiger partial charge in [0.2, 0.25) is 0 Å². The molecule has 3 aromatic rings. The molecule has 0 saturated carbocycles. The van der Waals surface area contributed by atoms with Crippen LogP contribution in [-0.2, 0) is 9.53 Å². The van der Waals surface area contributed by atoms with Crippen molar-refractivity contribution in [3.63, 3.8) is 0 Å². The predicted molar refractivity (Wildman–Crippen MR) is 118 cm³/mol. The fourth-order valence-corrected chi connectivity index (χ4v) is 2.93. The van der Waals surface area contributed by atoms with Gasteiger partial charge in [-0.25, -0.2) is 4.79 Å². The van der Waals surface area contributed by atoms with Crippen molar-refractivity contribution >= 4 is 23.9 Å². The second-order valence-electron chi connectivity index (χ2n) is 6.51. The summed E-state index contributed by atoms with van der Waals surface area (Å²) in [5.41, 5.74) is 2.24. The van der Waals surface area contributed by atoms with E-state index < -0.39 is 5.97 Å². The van der Waals surface area contributed by atoms with Gasteiger partial charge in [0.05, 0.1) is 26.9 Å². The van der Waals surface area contributed by atoms with E-state index >= 15 is 0 Å². The molecule has 6 nitrogen and oxygen atoms in total. The van der Waals surface area contributed by atoms with Crippen LogP contribution in [0.25, 0.3) is 11.6 Å². The molecule has 0 aliphatic carbocycles. The van der Waals surface area contributed by atoms with E-state index in [0.29, 0.717) is 45.3 Å². The van der Waals surface area contributed by atoms with Gasteiger partial charge >= 0.3 is 5.97 Å². The maximum absolute atomic E-state index is 12.5. The van der Waals surface area contributed by atoms with E-state index in [4.69, 9.17) is 18.9 Å². The Morgan fingerprint density at radius 1 is 0.742 bits per heavy atom. The number of hydrogen-bond donors (Lipinski definition) is 0. The zero-order chi connectivity index (χ0) is 22.2. The van der Waals surface area contributed by atoms with Crippen LogP contribution in [0.2, 0.25) is 0 Å². The number of rotatable bonds is 8. The summed E-state index contributed by atoms with van der Waals surface area (Å²) in [6.07, 6.45) is 2.47. The first-order chi connectivity index (χ1) is 15.1. The summed E-state index contributed by atoms with van der Waals surface area (Å²) in [5.74, 6) is 1.82. The zero-order valence-electron chi connectivity index (χ0n) is 17.5. The minimum atomic E-state index is -0.491. The first-order valence-electron chi connectivity index (χ1n) is 9.43. The molecule has 0 fully saturated rings. The Bertz CT molecular complexity index is 1080. The lowest BCUT2D eigenvalue weighted by Crippen LogP contribution is -2.04. The fraction of sp³-hybridized carbons (Fsp3) is 0.120. The molecule has 0 atom stereocenters. The molecule has 3 aromatic carbocycles. The summed E-state index contributed by atoms with van der Waals surface area (Å²) < 4.78 is 21.5. The topological polar surface area (TPSA) is 71.1 Å². The smallest absolute Gasteiger partial charge is 0.338 e. The van der Waals surface area contributed by atoms with Crippen LogP contribution in [0.5, 0.6) is 23.0 Å². The maximum atomic E-state index is 12.5. The molecule has 158 valence electrons. The molecule has 0 spiro atoms. The summed E-state index contributed by atoms with van der Waals surface area (Å²) in [6.45, 7) is 0. The van der Waals surface area contributed by atoms with Gasteiger partial charge in [0.1, 0.15) is 29.3 Å². The highest BCUT2D eigenvalue weighted by atomic mass is 16.5. The average molecular weight is 418 g/mol. The molecule has 0 aromatic heterocycles. The van der Waals surface area contributed by atoms with Crippen LogP contribution >= 0.6 is 0 Å². The van der Waals surface area contributed by atoms with E-state index in [1.807, 2.05) is 0 Å². The van der Waals surface area contributed by atoms with Gasteiger partial charge in [-0.3, -0.25) is 4.79 Å². The predicted octanol–water partition coefficient (Wildman–Crippen LogP) is 5.02. The minimum absolute atomic E-state index is 0.347. The van der Waals surface area contributed by atoms with Crippen molar-refractivity contribution < 1.29 is 28.5 Å². The Labute approximate surface area is 180 Å². The molecule has 3 rings (SSSR count). The van der Waals surface area contributed by atoms with E-state index in [2.05, 4.69) is 0 Å². The number of benzene rings is 3. The second-order valence-corrected chi connectivity index (χ2v) is 6.51. The molecular formula is C25H22O6. The van der Waals surface area contributed by atoms with Gasteiger partial charge in [-0.1, -0.05) is 12.1 Å². The molecule has 0 radical (unpaired) electrons. The van der Waals surface area contributed by atoms with Gasteiger partial charge in [0, 0.05) is 11.6 Å². The van der Waals surface area contributed by atoms with Crippen molar-refractivity contribution in [3.05, 3.63) is 83.4 Å². The first-order valence-corrected chi connectivity index (χ1v) is 9.43. The average Bonchev–Trinajstić information content (AvgIpc) is 2.82. The third kappa shape index (κ3) is 5.51. The van der Waals surface area contributed by atoms with Crippen molar-refractivity contribution in [1.29, 1.82) is 0 Å². The highest BCUT2D eigenvalue weighted by Gasteiger charge is 2.14. The number of carbonyl (C=O) groups is 2. The van der Waals surface area contributed by atoms with E-state index in [9.17, 15) is 9.59 Å². The van der Waals surface area contributed by atoms with Crippen LogP contribution in [0.3, 0.4) is 0 Å². The molecule has 31 heavy (non-hydrogen) atoms. The van der Waals surface area contributed by atoms with Crippen molar-refractivity contribution in [2.75, 3.05) is 21.3 Å². The van der Waals surface area contributed by atoms with Gasteiger partial charge < -0.3 is 18.9 Å². The largest absolute Gasteiger partial charge is 0.497 e. The zero-order valence-corrected chi connectivity index (χ0v) is 17.5. The van der Waals surface area contributed by atoms with Gasteiger partial charge in [-0.05, 0) is 65.7 Å². The molecule has 0 aliphatic heterocycles. The van der Waals surface area contributed by atoms with E-state index in [0.717, 1.165) is 6.29 Å². The summed E-state index contributed by atoms with van der Waals surface area (Å²) in [7, 11) is 4.45. The van der Waals surface area contributed by atoms with Crippen molar-refractivity contribution in [2.45, 2.75) is 0 Å². The lowest BCUT2D eigenvalue weighted by Gasteiger charge is -2.11. The van der Waals surface area contributed by atoms with Crippen molar-refractivity contribution in [2.24, 2.45) is 0 Å². The summed E-state index contributed by atoms with van der Waals surface area (Å²) in [6, 6.07) is 19.2. The number of ether oxygens (including phenoxy) is 4. The minimum Gasteiger partial charge on any atom is -0.497 e. The maximum Gasteiger partial charge on any atom is 0.338 e. The standard InChI is InChI=1S/C25H22O6/c1-28-22-11-18(12-23(15-22)29-2)13-24(25(27)30-3)19-5-4-6-21(14-19)31-20-9-7-17(16-26)8-10-20/h4-16H,1-3H3/b24-13-. The van der Waals surface area contributed by atoms with Gasteiger partial charge in [-0.15, -0.1) is 0 Å². The number of esters is 1. The van der Waals surface area contributed by atoms with Crippen LogP contribution in [0.15, 0.2) is 66.7 Å². The summed E-state index contributed by atoms with van der Waals surface area (Å²) in [5, 5.41) is 0. The van der Waals surface area contributed by atoms with Crippen LogP contribution in [0.1, 0.15) is 21.5 Å². The lowest BCUT2D eigenvalue weighted by atomic mass is 10.0. The van der Waals surface area contributed by atoms with Crippen LogP contribution in [-0.4, -0.2) is 33.6 Å². The molecule has 0 bridgehead atoms. The van der Waals surface area contributed by atoms with Crippen molar-refractivity contribution in [3.8, 4) is 23.0 Å². The van der Waals surface area contributed by atoms with E-state index in [1.54, 1.807) is 87.0 Å². The summed E-state index contributed by atoms with van der Waals surface area (Å²) in [4.78, 5) is 23.4. The highest BCUT2D eigenvalue weighted by Crippen LogP contribution is 2.29. The number of hydrogen-bond acceptors (Lipinski definition) is 6. The third-order valence-corrected chi connectivity index (χ3v) is 4.49. The lowest BCUT2D eigenvalue weighted by molar-refractivity contribution is -0.133. The molecule has 0 saturated heterocycles. The van der Waals surface area contributed by atoms with Crippen LogP contribution in [0, 0.1) is 0 Å². The van der Waals surface area contributed by atoms with Gasteiger partial charge in [0.25, 0.3) is 0 Å². The Hall–Kier alpha value is -4.06. The Morgan fingerprint density at radius 3 is 2.00 bits per heavy atom. The Morgan fingerprint density at radius 2 is 1.42 bits per heavy atom. The second kappa shape index (κ2) is 10.1. The van der Waals surface area contributed by atoms with Crippen molar-refractivity contribution in [1.82, 2.24) is 0 Å². The summed E-state index contributed by atoms with van der Waals surface area (Å²) >= 11 is 0. The molecule has 0 amide bonds. The fourth-order valence-electron chi connectivity index (χ4n) is 2.93. The number of methoxy groups -OCH3 is 3. The molecule has 0 heterocycles. The van der Waals surface area contributed by atoms with Crippen LogP contribution in [0.4, 0.5) is 0 Å². The monoisotopic (exact) mass is 418 g/mol. The molecule has 0 aliphatic rings. The number of aldehydes is 1. The van der Waals surface area contributed by atoms with Gasteiger partial charge in [-0.2, -0.15) is 0 Å². The Kier molecular flexibility index (Phi) is 7.06. The molecule has 0 N–H and O–H groups in total.